The van der Waals surface area contributed by atoms with Crippen LogP contribution >= 0.6 is 23.4 Å². The van der Waals surface area contributed by atoms with E-state index in [0.29, 0.717) is 5.75 Å². The number of nitrogens with zero attached hydrogens (tertiary/aromatic N) is 2. The van der Waals surface area contributed by atoms with Crippen molar-refractivity contribution in [2.75, 3.05) is 5.75 Å². The van der Waals surface area contributed by atoms with Crippen molar-refractivity contribution in [2.45, 2.75) is 24.6 Å². The average Bonchev–Trinajstić information content (AvgIpc) is 3.23. The van der Waals surface area contributed by atoms with Crippen LogP contribution in [0.2, 0.25) is 5.02 Å². The van der Waals surface area contributed by atoms with Gasteiger partial charge >= 0.3 is 6.18 Å². The molecule has 1 aromatic heterocycles. The Balaban J connectivity index is 1.60. The van der Waals surface area contributed by atoms with Gasteiger partial charge in [-0.3, -0.25) is 0 Å². The van der Waals surface area contributed by atoms with Crippen LogP contribution in [-0.2, 0) is 12.8 Å². The predicted octanol–water partition coefficient (Wildman–Crippen LogP) is 7.61. The second-order valence-electron chi connectivity index (χ2n) is 7.28. The third-order valence-corrected chi connectivity index (χ3v) is 6.25. The fourth-order valence-electron chi connectivity index (χ4n) is 3.44. The van der Waals surface area contributed by atoms with Gasteiger partial charge in [0.15, 0.2) is 5.69 Å². The van der Waals surface area contributed by atoms with Gasteiger partial charge in [-0.05, 0) is 53.3 Å². The fraction of sp³-hybridized carbons (Fsp3) is 0.160. The van der Waals surface area contributed by atoms with Crippen LogP contribution < -0.4 is 4.74 Å². The standard InChI is InChI=1S/C25H20ClF3N2O2S/c1-2-34-22-9-4-3-6-19(22)16-10-12-18(13-11-16)33-15-17-14-23(25(27,28)29)30-31(17)24-20(26)7-5-8-21(24)32/h3-14,32H,2,15H2,1H3. The highest BCUT2D eigenvalue weighted by molar-refractivity contribution is 7.99. The lowest BCUT2D eigenvalue weighted by Crippen LogP contribution is -2.09. The van der Waals surface area contributed by atoms with E-state index in [9.17, 15) is 18.3 Å². The molecular weight excluding hydrogens is 485 g/mol. The molecule has 0 aliphatic carbocycles. The van der Waals surface area contributed by atoms with Gasteiger partial charge in [-0.2, -0.15) is 18.3 Å². The number of benzene rings is 3. The van der Waals surface area contributed by atoms with E-state index < -0.39 is 11.9 Å². The number of phenols is 1. The second-order valence-corrected chi connectivity index (χ2v) is 8.99. The number of aromatic hydroxyl groups is 1. The maximum atomic E-state index is 13.3. The number of para-hydroxylation sites is 1. The molecule has 9 heteroatoms. The topological polar surface area (TPSA) is 47.3 Å². The van der Waals surface area contributed by atoms with Crippen LogP contribution in [0.25, 0.3) is 16.8 Å². The van der Waals surface area contributed by atoms with Gasteiger partial charge in [0, 0.05) is 4.90 Å². The minimum atomic E-state index is -4.66. The number of phenolic OH excluding ortho intramolecular Hbond substituents is 1. The van der Waals surface area contributed by atoms with E-state index >= 15 is 0 Å². The number of ether oxygens (including phenoxy) is 1. The molecule has 1 heterocycles. The molecular formula is C25H20ClF3N2O2S. The Morgan fingerprint density at radius 2 is 1.76 bits per heavy atom. The van der Waals surface area contributed by atoms with Crippen molar-refractivity contribution in [3.63, 3.8) is 0 Å². The third kappa shape index (κ3) is 5.18. The summed E-state index contributed by atoms with van der Waals surface area (Å²) >= 11 is 7.89. The molecule has 0 radical (unpaired) electrons. The monoisotopic (exact) mass is 504 g/mol. The molecule has 4 aromatic rings. The predicted molar refractivity (Wildman–Crippen MR) is 128 cm³/mol. The molecule has 0 aliphatic heterocycles. The van der Waals surface area contributed by atoms with Crippen molar-refractivity contribution in [1.82, 2.24) is 9.78 Å². The summed E-state index contributed by atoms with van der Waals surface area (Å²) in [6.45, 7) is 1.88. The van der Waals surface area contributed by atoms with Crippen molar-refractivity contribution in [1.29, 1.82) is 0 Å². The van der Waals surface area contributed by atoms with Crippen molar-refractivity contribution >= 4 is 23.4 Å². The highest BCUT2D eigenvalue weighted by Crippen LogP contribution is 2.35. The summed E-state index contributed by atoms with van der Waals surface area (Å²) in [5, 5.41) is 13.9. The van der Waals surface area contributed by atoms with Crippen molar-refractivity contribution in [3.05, 3.63) is 89.2 Å². The normalized spacial score (nSPS) is 11.6. The molecule has 0 aliphatic rings. The lowest BCUT2D eigenvalue weighted by atomic mass is 10.1. The van der Waals surface area contributed by atoms with Crippen molar-refractivity contribution in [3.8, 4) is 28.3 Å². The van der Waals surface area contributed by atoms with Crippen LogP contribution in [0.4, 0.5) is 13.2 Å². The molecule has 0 fully saturated rings. The van der Waals surface area contributed by atoms with E-state index in [1.807, 2.05) is 30.3 Å². The van der Waals surface area contributed by atoms with Crippen LogP contribution in [-0.4, -0.2) is 20.6 Å². The Kier molecular flexibility index (Phi) is 7.09. The van der Waals surface area contributed by atoms with E-state index in [2.05, 4.69) is 18.1 Å². The van der Waals surface area contributed by atoms with Crippen molar-refractivity contribution < 1.29 is 23.0 Å². The first kappa shape index (κ1) is 24.0. The molecule has 1 N–H and O–H groups in total. The summed E-state index contributed by atoms with van der Waals surface area (Å²) in [5.41, 5.74) is 1.05. The number of thioether (sulfide) groups is 1. The zero-order chi connectivity index (χ0) is 24.3. The average molecular weight is 505 g/mol. The van der Waals surface area contributed by atoms with E-state index in [1.165, 1.54) is 23.1 Å². The van der Waals surface area contributed by atoms with Crippen LogP contribution in [0.3, 0.4) is 0 Å². The van der Waals surface area contributed by atoms with E-state index in [4.69, 9.17) is 16.3 Å². The number of rotatable bonds is 7. The number of halogens is 4. The minimum Gasteiger partial charge on any atom is -0.506 e. The molecule has 0 saturated heterocycles. The lowest BCUT2D eigenvalue weighted by Gasteiger charge is -2.13. The Bertz CT molecular complexity index is 1270. The summed E-state index contributed by atoms with van der Waals surface area (Å²) in [6, 6.07) is 20.6. The molecule has 4 rings (SSSR count). The molecule has 0 amide bonds. The molecule has 176 valence electrons. The first-order valence-electron chi connectivity index (χ1n) is 10.4. The maximum Gasteiger partial charge on any atom is 0.435 e. The third-order valence-electron chi connectivity index (χ3n) is 4.99. The molecule has 0 unspecified atom stereocenters. The summed E-state index contributed by atoms with van der Waals surface area (Å²) in [6.07, 6.45) is -4.66. The van der Waals surface area contributed by atoms with Gasteiger partial charge in [-0.1, -0.05) is 54.9 Å². The molecule has 0 spiro atoms. The Morgan fingerprint density at radius 3 is 2.44 bits per heavy atom. The molecule has 0 bridgehead atoms. The molecule has 34 heavy (non-hydrogen) atoms. The van der Waals surface area contributed by atoms with Gasteiger partial charge in [0.1, 0.15) is 23.8 Å². The zero-order valence-corrected chi connectivity index (χ0v) is 19.6. The fourth-order valence-corrected chi connectivity index (χ4v) is 4.52. The molecule has 3 aromatic carbocycles. The van der Waals surface area contributed by atoms with Crippen LogP contribution in [0.1, 0.15) is 18.3 Å². The number of hydrogen-bond donors (Lipinski definition) is 1. The van der Waals surface area contributed by atoms with Crippen LogP contribution in [0.5, 0.6) is 11.5 Å². The first-order valence-corrected chi connectivity index (χ1v) is 11.7. The maximum absolute atomic E-state index is 13.3. The van der Waals surface area contributed by atoms with Gasteiger partial charge in [0.25, 0.3) is 0 Å². The zero-order valence-electron chi connectivity index (χ0n) is 18.0. The smallest absolute Gasteiger partial charge is 0.435 e. The van der Waals surface area contributed by atoms with Gasteiger partial charge in [0.05, 0.1) is 10.7 Å². The van der Waals surface area contributed by atoms with Crippen LogP contribution in [0.15, 0.2) is 77.7 Å². The first-order chi connectivity index (χ1) is 16.3. The van der Waals surface area contributed by atoms with Gasteiger partial charge < -0.3 is 9.84 Å². The Labute approximate surface area is 204 Å². The number of aromatic nitrogens is 2. The Hall–Kier alpha value is -3.10. The highest BCUT2D eigenvalue weighted by atomic mass is 35.5. The van der Waals surface area contributed by atoms with Gasteiger partial charge in [0.2, 0.25) is 0 Å². The Morgan fingerprint density at radius 1 is 1.03 bits per heavy atom. The largest absolute Gasteiger partial charge is 0.506 e. The van der Waals surface area contributed by atoms with Crippen LogP contribution in [0, 0.1) is 0 Å². The highest BCUT2D eigenvalue weighted by Gasteiger charge is 2.35. The summed E-state index contributed by atoms with van der Waals surface area (Å²) in [4.78, 5) is 1.17. The van der Waals surface area contributed by atoms with E-state index in [1.54, 1.807) is 23.9 Å². The van der Waals surface area contributed by atoms with Gasteiger partial charge in [-0.15, -0.1) is 11.8 Å². The summed E-state index contributed by atoms with van der Waals surface area (Å²) < 4.78 is 46.8. The quantitative estimate of drug-likeness (QED) is 0.263. The second kappa shape index (κ2) is 10.0. The minimum absolute atomic E-state index is 0.0429. The lowest BCUT2D eigenvalue weighted by molar-refractivity contribution is -0.141. The molecule has 4 nitrogen and oxygen atoms in total. The molecule has 0 saturated carbocycles. The number of hydrogen-bond acceptors (Lipinski definition) is 4. The molecule has 0 atom stereocenters. The summed E-state index contributed by atoms with van der Waals surface area (Å²) in [5.74, 6) is 1.14. The summed E-state index contributed by atoms with van der Waals surface area (Å²) in [7, 11) is 0. The van der Waals surface area contributed by atoms with Gasteiger partial charge in [-0.25, -0.2) is 4.68 Å². The number of alkyl halides is 3. The van der Waals surface area contributed by atoms with E-state index in [0.717, 1.165) is 27.6 Å². The van der Waals surface area contributed by atoms with E-state index in [-0.39, 0.29) is 28.8 Å². The van der Waals surface area contributed by atoms with Crippen molar-refractivity contribution in [2.24, 2.45) is 0 Å². The SMILES string of the molecule is CCSc1ccccc1-c1ccc(OCc2cc(C(F)(F)F)nn2-c2c(O)cccc2Cl)cc1.